The SMILES string of the molecule is CCOCC(O)CN1CCc2ccccc2C1. The number of aliphatic hydroxyl groups excluding tert-OH is 1. The zero-order chi connectivity index (χ0) is 12.1. The van der Waals surface area contributed by atoms with Gasteiger partial charge in [-0.1, -0.05) is 24.3 Å². The highest BCUT2D eigenvalue weighted by Crippen LogP contribution is 2.18. The molecule has 1 aliphatic heterocycles. The third-order valence-electron chi connectivity index (χ3n) is 3.19. The maximum Gasteiger partial charge on any atom is 0.0900 e. The van der Waals surface area contributed by atoms with Crippen LogP contribution in [0.5, 0.6) is 0 Å². The van der Waals surface area contributed by atoms with E-state index in [0.717, 1.165) is 19.5 Å². The van der Waals surface area contributed by atoms with Gasteiger partial charge in [0.05, 0.1) is 12.7 Å². The van der Waals surface area contributed by atoms with Crippen molar-refractivity contribution in [1.82, 2.24) is 4.90 Å². The number of nitrogens with zero attached hydrogens (tertiary/aromatic N) is 1. The normalized spacial score (nSPS) is 17.8. The number of aliphatic hydroxyl groups is 1. The van der Waals surface area contributed by atoms with E-state index in [4.69, 9.17) is 4.74 Å². The molecule has 17 heavy (non-hydrogen) atoms. The first kappa shape index (κ1) is 12.6. The van der Waals surface area contributed by atoms with Crippen LogP contribution >= 0.6 is 0 Å². The van der Waals surface area contributed by atoms with Crippen molar-refractivity contribution < 1.29 is 9.84 Å². The topological polar surface area (TPSA) is 32.7 Å². The largest absolute Gasteiger partial charge is 0.389 e. The molecule has 1 atom stereocenters. The van der Waals surface area contributed by atoms with Gasteiger partial charge in [-0.15, -0.1) is 0 Å². The quantitative estimate of drug-likeness (QED) is 0.838. The summed E-state index contributed by atoms with van der Waals surface area (Å²) in [5, 5.41) is 9.81. The Balaban J connectivity index is 1.85. The maximum atomic E-state index is 9.81. The zero-order valence-corrected chi connectivity index (χ0v) is 10.4. The van der Waals surface area contributed by atoms with Crippen molar-refractivity contribution in [1.29, 1.82) is 0 Å². The Hall–Kier alpha value is -0.900. The lowest BCUT2D eigenvalue weighted by atomic mass is 10.00. The molecule has 0 bridgehead atoms. The summed E-state index contributed by atoms with van der Waals surface area (Å²) in [6, 6.07) is 8.55. The minimum Gasteiger partial charge on any atom is -0.389 e. The Morgan fingerprint density at radius 3 is 2.88 bits per heavy atom. The van der Waals surface area contributed by atoms with E-state index in [1.807, 2.05) is 6.92 Å². The molecule has 1 aromatic rings. The highest BCUT2D eigenvalue weighted by atomic mass is 16.5. The van der Waals surface area contributed by atoms with E-state index in [-0.39, 0.29) is 6.10 Å². The van der Waals surface area contributed by atoms with Crippen LogP contribution in [0.25, 0.3) is 0 Å². The fraction of sp³-hybridized carbons (Fsp3) is 0.571. The first-order valence-corrected chi connectivity index (χ1v) is 6.34. The van der Waals surface area contributed by atoms with Gasteiger partial charge in [-0.25, -0.2) is 0 Å². The van der Waals surface area contributed by atoms with Crippen molar-refractivity contribution in [2.45, 2.75) is 26.0 Å². The summed E-state index contributed by atoms with van der Waals surface area (Å²) < 4.78 is 5.23. The summed E-state index contributed by atoms with van der Waals surface area (Å²) >= 11 is 0. The second-order valence-electron chi connectivity index (χ2n) is 4.57. The molecule has 0 spiro atoms. The van der Waals surface area contributed by atoms with Crippen molar-refractivity contribution in [3.8, 4) is 0 Å². The molecule has 0 saturated heterocycles. The fourth-order valence-electron chi connectivity index (χ4n) is 2.31. The van der Waals surface area contributed by atoms with Gasteiger partial charge in [-0.3, -0.25) is 4.90 Å². The summed E-state index contributed by atoms with van der Waals surface area (Å²) in [4.78, 5) is 2.30. The number of rotatable bonds is 5. The molecule has 3 heteroatoms. The number of ether oxygens (including phenoxy) is 1. The summed E-state index contributed by atoms with van der Waals surface area (Å²) in [6.45, 7) is 5.73. The van der Waals surface area contributed by atoms with Crippen molar-refractivity contribution in [2.24, 2.45) is 0 Å². The molecule has 1 heterocycles. The lowest BCUT2D eigenvalue weighted by Crippen LogP contribution is -2.38. The molecule has 2 rings (SSSR count). The summed E-state index contributed by atoms with van der Waals surface area (Å²) in [7, 11) is 0. The minimum absolute atomic E-state index is 0.375. The van der Waals surface area contributed by atoms with E-state index in [2.05, 4.69) is 29.2 Å². The molecule has 0 amide bonds. The van der Waals surface area contributed by atoms with Crippen LogP contribution in [0.3, 0.4) is 0 Å². The second-order valence-corrected chi connectivity index (χ2v) is 4.57. The van der Waals surface area contributed by atoms with E-state index in [9.17, 15) is 5.11 Å². The Labute approximate surface area is 103 Å². The van der Waals surface area contributed by atoms with Crippen LogP contribution in [0.1, 0.15) is 18.1 Å². The molecule has 3 nitrogen and oxygen atoms in total. The monoisotopic (exact) mass is 235 g/mol. The minimum atomic E-state index is -0.375. The predicted molar refractivity (Wildman–Crippen MR) is 67.9 cm³/mol. The molecule has 1 aromatic carbocycles. The molecular formula is C14H21NO2. The average Bonchev–Trinajstić information content (AvgIpc) is 2.36. The summed E-state index contributed by atoms with van der Waals surface area (Å²) in [5.74, 6) is 0. The van der Waals surface area contributed by atoms with E-state index in [1.54, 1.807) is 0 Å². The van der Waals surface area contributed by atoms with Gasteiger partial charge >= 0.3 is 0 Å². The van der Waals surface area contributed by atoms with Crippen LogP contribution in [0.2, 0.25) is 0 Å². The summed E-state index contributed by atoms with van der Waals surface area (Å²) in [6.07, 6.45) is 0.706. The van der Waals surface area contributed by atoms with E-state index in [0.29, 0.717) is 19.8 Å². The Morgan fingerprint density at radius 2 is 2.12 bits per heavy atom. The molecule has 0 radical (unpaired) electrons. The molecule has 1 unspecified atom stereocenters. The smallest absolute Gasteiger partial charge is 0.0900 e. The van der Waals surface area contributed by atoms with Gasteiger partial charge in [0.15, 0.2) is 0 Å². The average molecular weight is 235 g/mol. The van der Waals surface area contributed by atoms with Crippen LogP contribution in [-0.4, -0.2) is 42.4 Å². The van der Waals surface area contributed by atoms with E-state index in [1.165, 1.54) is 11.1 Å². The summed E-state index contributed by atoms with van der Waals surface area (Å²) in [5.41, 5.74) is 2.84. The molecule has 0 aromatic heterocycles. The maximum absolute atomic E-state index is 9.81. The van der Waals surface area contributed by atoms with Gasteiger partial charge in [0.2, 0.25) is 0 Å². The Kier molecular flexibility index (Phi) is 4.54. The lowest BCUT2D eigenvalue weighted by molar-refractivity contribution is 0.0186. The molecule has 94 valence electrons. The number of fused-ring (bicyclic) bond motifs is 1. The highest BCUT2D eigenvalue weighted by molar-refractivity contribution is 5.29. The third kappa shape index (κ3) is 3.53. The Morgan fingerprint density at radius 1 is 1.35 bits per heavy atom. The van der Waals surface area contributed by atoms with Crippen molar-refractivity contribution in [2.75, 3.05) is 26.3 Å². The van der Waals surface area contributed by atoms with E-state index < -0.39 is 0 Å². The van der Waals surface area contributed by atoms with Crippen LogP contribution in [0.15, 0.2) is 24.3 Å². The van der Waals surface area contributed by atoms with Gasteiger partial charge in [0, 0.05) is 26.2 Å². The molecule has 1 aliphatic rings. The van der Waals surface area contributed by atoms with Crippen LogP contribution in [0.4, 0.5) is 0 Å². The number of hydrogen-bond donors (Lipinski definition) is 1. The van der Waals surface area contributed by atoms with Gasteiger partial charge in [-0.2, -0.15) is 0 Å². The van der Waals surface area contributed by atoms with Crippen LogP contribution < -0.4 is 0 Å². The van der Waals surface area contributed by atoms with Crippen LogP contribution in [-0.2, 0) is 17.7 Å². The van der Waals surface area contributed by atoms with Crippen molar-refractivity contribution in [3.63, 3.8) is 0 Å². The first-order valence-electron chi connectivity index (χ1n) is 6.34. The Bertz CT molecular complexity index is 354. The highest BCUT2D eigenvalue weighted by Gasteiger charge is 2.18. The molecule has 0 aliphatic carbocycles. The first-order chi connectivity index (χ1) is 8.29. The van der Waals surface area contributed by atoms with Gasteiger partial charge in [0.25, 0.3) is 0 Å². The van der Waals surface area contributed by atoms with Crippen molar-refractivity contribution >= 4 is 0 Å². The lowest BCUT2D eigenvalue weighted by Gasteiger charge is -2.30. The molecule has 0 fully saturated rings. The number of β-amino-alcohol motifs (C(OH)–C–C–N with tert-alkyl or cyclic N) is 1. The van der Waals surface area contributed by atoms with Crippen LogP contribution in [0, 0.1) is 0 Å². The zero-order valence-electron chi connectivity index (χ0n) is 10.4. The fourth-order valence-corrected chi connectivity index (χ4v) is 2.31. The molecule has 0 saturated carbocycles. The van der Waals surface area contributed by atoms with Gasteiger partial charge in [-0.05, 0) is 24.5 Å². The van der Waals surface area contributed by atoms with Crippen molar-refractivity contribution in [3.05, 3.63) is 35.4 Å². The standard InChI is InChI=1S/C14H21NO2/c1-2-17-11-14(16)10-15-8-7-12-5-3-4-6-13(12)9-15/h3-6,14,16H,2,7-11H2,1H3. The van der Waals surface area contributed by atoms with Gasteiger partial charge in [0.1, 0.15) is 0 Å². The van der Waals surface area contributed by atoms with E-state index >= 15 is 0 Å². The predicted octanol–water partition coefficient (Wildman–Crippen LogP) is 1.44. The molecular weight excluding hydrogens is 214 g/mol. The number of hydrogen-bond acceptors (Lipinski definition) is 3. The third-order valence-corrected chi connectivity index (χ3v) is 3.19. The number of benzene rings is 1. The molecule has 1 N–H and O–H groups in total. The van der Waals surface area contributed by atoms with Gasteiger partial charge < -0.3 is 9.84 Å². The second kappa shape index (κ2) is 6.15.